The molecular weight excluding hydrogens is 278 g/mol. The molecule has 118 valence electrons. The first kappa shape index (κ1) is 15.3. The van der Waals surface area contributed by atoms with Gasteiger partial charge in [0.15, 0.2) is 0 Å². The van der Waals surface area contributed by atoms with Gasteiger partial charge in [0, 0.05) is 31.2 Å². The number of fused-ring (bicyclic) bond motifs is 1. The van der Waals surface area contributed by atoms with Gasteiger partial charge in [-0.05, 0) is 24.3 Å². The maximum absolute atomic E-state index is 10.1. The highest BCUT2D eigenvalue weighted by atomic mass is 16.5. The number of hydrogen-bond acceptors (Lipinski definition) is 4. The lowest BCUT2D eigenvalue weighted by Crippen LogP contribution is -2.40. The molecule has 1 atom stereocenters. The third-order valence-electron chi connectivity index (χ3n) is 4.04. The number of rotatable bonds is 6. The highest BCUT2D eigenvalue weighted by molar-refractivity contribution is 5.88. The van der Waals surface area contributed by atoms with Gasteiger partial charge in [-0.3, -0.25) is 0 Å². The van der Waals surface area contributed by atoms with E-state index in [1.807, 2.05) is 30.3 Å². The molecule has 1 saturated heterocycles. The van der Waals surface area contributed by atoms with E-state index in [9.17, 15) is 5.11 Å². The minimum atomic E-state index is -0.512. The van der Waals surface area contributed by atoms with Crippen molar-refractivity contribution >= 4 is 10.8 Å². The van der Waals surface area contributed by atoms with Gasteiger partial charge in [-0.1, -0.05) is 36.4 Å². The van der Waals surface area contributed by atoms with Crippen LogP contribution in [0, 0.1) is 0 Å². The Morgan fingerprint density at radius 1 is 1.14 bits per heavy atom. The molecule has 1 aliphatic heterocycles. The Kier molecular flexibility index (Phi) is 5.27. The van der Waals surface area contributed by atoms with E-state index in [0.717, 1.165) is 42.6 Å². The van der Waals surface area contributed by atoms with E-state index in [4.69, 9.17) is 9.47 Å². The quantitative estimate of drug-likeness (QED) is 0.860. The summed E-state index contributed by atoms with van der Waals surface area (Å²) in [6.07, 6.45) is 1.51. The predicted octanol–water partition coefficient (Wildman–Crippen LogP) is 2.35. The molecule has 0 bridgehead atoms. The van der Waals surface area contributed by atoms with Crippen LogP contribution >= 0.6 is 0 Å². The summed E-state index contributed by atoms with van der Waals surface area (Å²) < 4.78 is 11.1. The summed E-state index contributed by atoms with van der Waals surface area (Å²) in [5.74, 6) is 0.822. The molecule has 0 aliphatic carbocycles. The summed E-state index contributed by atoms with van der Waals surface area (Å²) in [5.41, 5.74) is 0. The molecule has 0 saturated carbocycles. The van der Waals surface area contributed by atoms with Crippen molar-refractivity contribution in [3.05, 3.63) is 42.5 Å². The number of hydrogen-bond donors (Lipinski definition) is 2. The maximum Gasteiger partial charge on any atom is 0.127 e. The van der Waals surface area contributed by atoms with Crippen molar-refractivity contribution in [2.45, 2.75) is 25.0 Å². The number of aliphatic hydroxyl groups excluding tert-OH is 1. The first-order valence-corrected chi connectivity index (χ1v) is 7.92. The lowest BCUT2D eigenvalue weighted by atomic mass is 10.1. The SMILES string of the molecule is O[C@H](CNC1CCOCC1)COc1cccc2ccccc12. The van der Waals surface area contributed by atoms with E-state index in [0.29, 0.717) is 19.2 Å². The molecule has 3 rings (SSSR count). The lowest BCUT2D eigenvalue weighted by Gasteiger charge is -2.24. The third kappa shape index (κ3) is 3.97. The third-order valence-corrected chi connectivity index (χ3v) is 4.04. The second-order valence-corrected chi connectivity index (χ2v) is 5.74. The molecule has 0 spiro atoms. The average molecular weight is 301 g/mol. The van der Waals surface area contributed by atoms with Crippen LogP contribution in [0.15, 0.2) is 42.5 Å². The van der Waals surface area contributed by atoms with Crippen molar-refractivity contribution in [2.24, 2.45) is 0 Å². The Morgan fingerprint density at radius 3 is 2.77 bits per heavy atom. The van der Waals surface area contributed by atoms with Crippen LogP contribution in [0.25, 0.3) is 10.8 Å². The first-order valence-electron chi connectivity index (χ1n) is 7.92. The summed E-state index contributed by atoms with van der Waals surface area (Å²) in [6, 6.07) is 14.5. The monoisotopic (exact) mass is 301 g/mol. The second kappa shape index (κ2) is 7.58. The molecule has 1 heterocycles. The molecule has 0 radical (unpaired) electrons. The van der Waals surface area contributed by atoms with Gasteiger partial charge in [-0.25, -0.2) is 0 Å². The van der Waals surface area contributed by atoms with Crippen molar-refractivity contribution in [1.29, 1.82) is 0 Å². The Hall–Kier alpha value is -1.62. The van der Waals surface area contributed by atoms with Crippen molar-refractivity contribution in [3.8, 4) is 5.75 Å². The molecule has 2 aromatic rings. The highest BCUT2D eigenvalue weighted by Gasteiger charge is 2.15. The van der Waals surface area contributed by atoms with Crippen molar-refractivity contribution in [2.75, 3.05) is 26.4 Å². The van der Waals surface area contributed by atoms with Gasteiger partial charge < -0.3 is 19.9 Å². The molecule has 4 heteroatoms. The number of benzene rings is 2. The average Bonchev–Trinajstić information content (AvgIpc) is 2.59. The molecule has 1 fully saturated rings. The Balaban J connectivity index is 1.50. The highest BCUT2D eigenvalue weighted by Crippen LogP contribution is 2.25. The summed E-state index contributed by atoms with van der Waals surface area (Å²) in [7, 11) is 0. The maximum atomic E-state index is 10.1. The fourth-order valence-electron chi connectivity index (χ4n) is 2.77. The molecule has 0 amide bonds. The predicted molar refractivity (Wildman–Crippen MR) is 87.3 cm³/mol. The zero-order valence-corrected chi connectivity index (χ0v) is 12.7. The zero-order valence-electron chi connectivity index (χ0n) is 12.7. The summed E-state index contributed by atoms with van der Waals surface area (Å²) in [5, 5.41) is 15.7. The van der Waals surface area contributed by atoms with Crippen molar-refractivity contribution in [1.82, 2.24) is 5.32 Å². The van der Waals surface area contributed by atoms with Crippen LogP contribution in [-0.2, 0) is 4.74 Å². The number of nitrogens with one attached hydrogen (secondary N) is 1. The van der Waals surface area contributed by atoms with Gasteiger partial charge in [0.25, 0.3) is 0 Å². The van der Waals surface area contributed by atoms with Crippen LogP contribution in [-0.4, -0.2) is 43.6 Å². The lowest BCUT2D eigenvalue weighted by molar-refractivity contribution is 0.0656. The standard InChI is InChI=1S/C18H23NO3/c20-16(12-19-15-8-10-21-11-9-15)13-22-18-7-3-5-14-4-1-2-6-17(14)18/h1-7,15-16,19-20H,8-13H2/t16-/m1/s1. The van der Waals surface area contributed by atoms with E-state index in [1.165, 1.54) is 0 Å². The zero-order chi connectivity index (χ0) is 15.2. The van der Waals surface area contributed by atoms with Gasteiger partial charge in [0.05, 0.1) is 0 Å². The van der Waals surface area contributed by atoms with Crippen LogP contribution in [0.3, 0.4) is 0 Å². The molecule has 2 N–H and O–H groups in total. The number of aliphatic hydroxyl groups is 1. The molecule has 22 heavy (non-hydrogen) atoms. The van der Waals surface area contributed by atoms with E-state index < -0.39 is 6.10 Å². The minimum absolute atomic E-state index is 0.296. The molecular formula is C18H23NO3. The van der Waals surface area contributed by atoms with Gasteiger partial charge in [0.1, 0.15) is 18.5 Å². The smallest absolute Gasteiger partial charge is 0.127 e. The van der Waals surface area contributed by atoms with Gasteiger partial charge in [-0.15, -0.1) is 0 Å². The van der Waals surface area contributed by atoms with Crippen LogP contribution < -0.4 is 10.1 Å². The summed E-state index contributed by atoms with van der Waals surface area (Å²) >= 11 is 0. The Bertz CT molecular complexity index is 590. The van der Waals surface area contributed by atoms with E-state index in [-0.39, 0.29) is 0 Å². The normalized spacial score (nSPS) is 17.5. The van der Waals surface area contributed by atoms with Crippen LogP contribution in [0.5, 0.6) is 5.75 Å². The molecule has 2 aromatic carbocycles. The van der Waals surface area contributed by atoms with Gasteiger partial charge in [-0.2, -0.15) is 0 Å². The molecule has 0 unspecified atom stereocenters. The largest absolute Gasteiger partial charge is 0.490 e. The van der Waals surface area contributed by atoms with E-state index >= 15 is 0 Å². The Labute approximate surface area is 131 Å². The van der Waals surface area contributed by atoms with E-state index in [1.54, 1.807) is 0 Å². The minimum Gasteiger partial charge on any atom is -0.490 e. The second-order valence-electron chi connectivity index (χ2n) is 5.74. The fraction of sp³-hybridized carbons (Fsp3) is 0.444. The van der Waals surface area contributed by atoms with Crippen LogP contribution in [0.4, 0.5) is 0 Å². The summed E-state index contributed by atoms with van der Waals surface area (Å²) in [4.78, 5) is 0. The van der Waals surface area contributed by atoms with Gasteiger partial charge in [0.2, 0.25) is 0 Å². The van der Waals surface area contributed by atoms with Gasteiger partial charge >= 0.3 is 0 Å². The van der Waals surface area contributed by atoms with Crippen molar-refractivity contribution in [3.63, 3.8) is 0 Å². The fourth-order valence-corrected chi connectivity index (χ4v) is 2.77. The number of ether oxygens (including phenoxy) is 2. The van der Waals surface area contributed by atoms with Crippen LogP contribution in [0.1, 0.15) is 12.8 Å². The van der Waals surface area contributed by atoms with E-state index in [2.05, 4.69) is 17.4 Å². The Morgan fingerprint density at radius 2 is 1.91 bits per heavy atom. The van der Waals surface area contributed by atoms with Crippen molar-refractivity contribution < 1.29 is 14.6 Å². The molecule has 0 aromatic heterocycles. The molecule has 4 nitrogen and oxygen atoms in total. The summed E-state index contributed by atoms with van der Waals surface area (Å²) in [6.45, 7) is 2.46. The topological polar surface area (TPSA) is 50.7 Å². The van der Waals surface area contributed by atoms with Crippen LogP contribution in [0.2, 0.25) is 0 Å². The first-order chi connectivity index (χ1) is 10.8. The molecule has 1 aliphatic rings.